The molecule has 2 aromatic rings. The van der Waals surface area contributed by atoms with Crippen LogP contribution in [0.1, 0.15) is 29.9 Å². The summed E-state index contributed by atoms with van der Waals surface area (Å²) in [5.41, 5.74) is 3.39. The van der Waals surface area contributed by atoms with E-state index < -0.39 is 0 Å². The van der Waals surface area contributed by atoms with Gasteiger partial charge in [0, 0.05) is 24.7 Å². The van der Waals surface area contributed by atoms with Gasteiger partial charge in [0.1, 0.15) is 0 Å². The summed E-state index contributed by atoms with van der Waals surface area (Å²) in [5.74, 6) is 0. The van der Waals surface area contributed by atoms with E-state index in [0.717, 1.165) is 27.4 Å². The fourth-order valence-corrected chi connectivity index (χ4v) is 2.59. The van der Waals surface area contributed by atoms with Crippen molar-refractivity contribution in [2.45, 2.75) is 26.4 Å². The lowest BCUT2D eigenvalue weighted by Gasteiger charge is -2.14. The standard InChI is InChI=1S/C14H17BrClN3/c1-9(11-4-6-12(16)7-5-11)17-8-13-14(15)10(2)18-19(13)3/h4-7,9,17H,8H2,1-3H3/t9-/m1/s1. The molecule has 0 aliphatic rings. The second kappa shape index (κ2) is 6.07. The molecule has 2 rings (SSSR count). The highest BCUT2D eigenvalue weighted by atomic mass is 79.9. The van der Waals surface area contributed by atoms with Gasteiger partial charge in [-0.15, -0.1) is 0 Å². The zero-order chi connectivity index (χ0) is 14.0. The lowest BCUT2D eigenvalue weighted by molar-refractivity contribution is 0.547. The number of halogens is 2. The summed E-state index contributed by atoms with van der Waals surface area (Å²) in [6, 6.07) is 8.19. The second-order valence-corrected chi connectivity index (χ2v) is 5.85. The predicted octanol–water partition coefficient (Wildman–Crippen LogP) is 4.00. The van der Waals surface area contributed by atoms with E-state index in [0.29, 0.717) is 0 Å². The van der Waals surface area contributed by atoms with E-state index in [1.807, 2.05) is 42.9 Å². The summed E-state index contributed by atoms with van der Waals surface area (Å²) in [4.78, 5) is 0. The number of aryl methyl sites for hydroxylation is 2. The van der Waals surface area contributed by atoms with Crippen LogP contribution < -0.4 is 5.32 Å². The van der Waals surface area contributed by atoms with E-state index in [4.69, 9.17) is 11.6 Å². The van der Waals surface area contributed by atoms with Crippen molar-refractivity contribution >= 4 is 27.5 Å². The number of hydrogen-bond acceptors (Lipinski definition) is 2. The quantitative estimate of drug-likeness (QED) is 0.910. The Morgan fingerprint density at radius 3 is 2.53 bits per heavy atom. The second-order valence-electron chi connectivity index (χ2n) is 4.62. The maximum Gasteiger partial charge on any atom is 0.0739 e. The van der Waals surface area contributed by atoms with E-state index >= 15 is 0 Å². The molecular formula is C14H17BrClN3. The Morgan fingerprint density at radius 1 is 1.37 bits per heavy atom. The van der Waals surface area contributed by atoms with Crippen molar-refractivity contribution < 1.29 is 0 Å². The molecule has 1 heterocycles. The third-order valence-corrected chi connectivity index (χ3v) is 4.49. The number of nitrogens with one attached hydrogen (secondary N) is 1. The molecule has 3 nitrogen and oxygen atoms in total. The Morgan fingerprint density at radius 2 is 2.00 bits per heavy atom. The van der Waals surface area contributed by atoms with Crippen LogP contribution in [0.4, 0.5) is 0 Å². The zero-order valence-corrected chi connectivity index (χ0v) is 13.6. The SMILES string of the molecule is Cc1nn(C)c(CN[C@H](C)c2ccc(Cl)cc2)c1Br. The van der Waals surface area contributed by atoms with Crippen molar-refractivity contribution in [3.8, 4) is 0 Å². The molecule has 0 fully saturated rings. The topological polar surface area (TPSA) is 29.9 Å². The molecule has 19 heavy (non-hydrogen) atoms. The average Bonchev–Trinajstić information content (AvgIpc) is 2.62. The summed E-state index contributed by atoms with van der Waals surface area (Å²) >= 11 is 9.47. The summed E-state index contributed by atoms with van der Waals surface area (Å²) in [6.45, 7) is 4.90. The van der Waals surface area contributed by atoms with E-state index in [1.165, 1.54) is 5.56 Å². The van der Waals surface area contributed by atoms with E-state index in [9.17, 15) is 0 Å². The molecule has 0 bridgehead atoms. The average molecular weight is 343 g/mol. The molecule has 1 N–H and O–H groups in total. The van der Waals surface area contributed by atoms with Gasteiger partial charge < -0.3 is 5.32 Å². The van der Waals surface area contributed by atoms with Gasteiger partial charge in [0.2, 0.25) is 0 Å². The minimum atomic E-state index is 0.263. The molecule has 0 aliphatic heterocycles. The van der Waals surface area contributed by atoms with Crippen LogP contribution >= 0.6 is 27.5 Å². The molecular weight excluding hydrogens is 326 g/mol. The van der Waals surface area contributed by atoms with E-state index in [-0.39, 0.29) is 6.04 Å². The first-order valence-corrected chi connectivity index (χ1v) is 7.33. The predicted molar refractivity (Wildman–Crippen MR) is 82.4 cm³/mol. The monoisotopic (exact) mass is 341 g/mol. The highest BCUT2D eigenvalue weighted by Gasteiger charge is 2.12. The van der Waals surface area contributed by atoms with Gasteiger partial charge in [0.05, 0.1) is 15.9 Å². The Balaban J connectivity index is 2.04. The van der Waals surface area contributed by atoms with Crippen LogP contribution in [-0.2, 0) is 13.6 Å². The molecule has 5 heteroatoms. The molecule has 0 saturated carbocycles. The number of benzene rings is 1. The van der Waals surface area contributed by atoms with Crippen molar-refractivity contribution in [2.75, 3.05) is 0 Å². The van der Waals surface area contributed by atoms with Gasteiger partial charge in [0.25, 0.3) is 0 Å². The Labute approximate surface area is 127 Å². The highest BCUT2D eigenvalue weighted by molar-refractivity contribution is 9.10. The Hall–Kier alpha value is -0.840. The van der Waals surface area contributed by atoms with Crippen LogP contribution in [0.5, 0.6) is 0 Å². The van der Waals surface area contributed by atoms with Gasteiger partial charge in [-0.3, -0.25) is 4.68 Å². The van der Waals surface area contributed by atoms with Crippen LogP contribution in [0.15, 0.2) is 28.7 Å². The van der Waals surface area contributed by atoms with Crippen LogP contribution in [0.25, 0.3) is 0 Å². The van der Waals surface area contributed by atoms with Gasteiger partial charge in [-0.05, 0) is 47.5 Å². The fraction of sp³-hybridized carbons (Fsp3) is 0.357. The normalized spacial score (nSPS) is 12.7. The number of hydrogen-bond donors (Lipinski definition) is 1. The minimum Gasteiger partial charge on any atom is -0.305 e. The van der Waals surface area contributed by atoms with Crippen LogP contribution in [0.2, 0.25) is 5.02 Å². The number of rotatable bonds is 4. The van der Waals surface area contributed by atoms with Crippen molar-refractivity contribution in [2.24, 2.45) is 7.05 Å². The first-order chi connectivity index (χ1) is 8.99. The highest BCUT2D eigenvalue weighted by Crippen LogP contribution is 2.21. The van der Waals surface area contributed by atoms with Crippen molar-refractivity contribution in [1.82, 2.24) is 15.1 Å². The van der Waals surface area contributed by atoms with Gasteiger partial charge in [0.15, 0.2) is 0 Å². The lowest BCUT2D eigenvalue weighted by atomic mass is 10.1. The van der Waals surface area contributed by atoms with Gasteiger partial charge in [-0.2, -0.15) is 5.10 Å². The first-order valence-electron chi connectivity index (χ1n) is 6.16. The maximum absolute atomic E-state index is 5.90. The molecule has 0 spiro atoms. The molecule has 1 aromatic carbocycles. The van der Waals surface area contributed by atoms with Crippen molar-refractivity contribution in [1.29, 1.82) is 0 Å². The van der Waals surface area contributed by atoms with E-state index in [1.54, 1.807) is 0 Å². The number of aromatic nitrogens is 2. The van der Waals surface area contributed by atoms with Gasteiger partial charge >= 0.3 is 0 Å². The minimum absolute atomic E-state index is 0.263. The maximum atomic E-state index is 5.90. The third-order valence-electron chi connectivity index (χ3n) is 3.21. The summed E-state index contributed by atoms with van der Waals surface area (Å²) in [5, 5.41) is 8.65. The summed E-state index contributed by atoms with van der Waals surface area (Å²) in [7, 11) is 1.96. The number of nitrogens with zero attached hydrogens (tertiary/aromatic N) is 2. The molecule has 0 aliphatic carbocycles. The molecule has 1 atom stereocenters. The molecule has 1 aromatic heterocycles. The summed E-state index contributed by atoms with van der Waals surface area (Å²) < 4.78 is 2.98. The Bertz CT molecular complexity index is 563. The van der Waals surface area contributed by atoms with Crippen LogP contribution in [-0.4, -0.2) is 9.78 Å². The molecule has 0 amide bonds. The smallest absolute Gasteiger partial charge is 0.0739 e. The fourth-order valence-electron chi connectivity index (χ4n) is 1.99. The third kappa shape index (κ3) is 3.38. The van der Waals surface area contributed by atoms with Crippen molar-refractivity contribution in [3.63, 3.8) is 0 Å². The zero-order valence-electron chi connectivity index (χ0n) is 11.2. The molecule has 0 saturated heterocycles. The van der Waals surface area contributed by atoms with Gasteiger partial charge in [-0.1, -0.05) is 23.7 Å². The molecule has 0 radical (unpaired) electrons. The van der Waals surface area contributed by atoms with Crippen LogP contribution in [0, 0.1) is 6.92 Å². The summed E-state index contributed by atoms with van der Waals surface area (Å²) in [6.07, 6.45) is 0. The lowest BCUT2D eigenvalue weighted by Crippen LogP contribution is -2.20. The Kier molecular flexibility index (Phi) is 4.66. The molecule has 0 unspecified atom stereocenters. The van der Waals surface area contributed by atoms with Crippen LogP contribution in [0.3, 0.4) is 0 Å². The first kappa shape index (κ1) is 14.6. The largest absolute Gasteiger partial charge is 0.305 e. The van der Waals surface area contributed by atoms with E-state index in [2.05, 4.69) is 33.3 Å². The van der Waals surface area contributed by atoms with Crippen molar-refractivity contribution in [3.05, 3.63) is 50.7 Å². The molecule has 102 valence electrons. The van der Waals surface area contributed by atoms with Gasteiger partial charge in [-0.25, -0.2) is 0 Å².